The average Bonchev–Trinajstić information content (AvgIpc) is 2.85. The molecule has 0 atom stereocenters. The Morgan fingerprint density at radius 2 is 2.18 bits per heavy atom. The molecular formula is C15H19N3O4. The van der Waals surface area contributed by atoms with Gasteiger partial charge in [-0.3, -0.25) is 9.69 Å². The predicted octanol–water partition coefficient (Wildman–Crippen LogP) is 1.60. The first-order valence-corrected chi connectivity index (χ1v) is 6.99. The summed E-state index contributed by atoms with van der Waals surface area (Å²) in [6, 6.07) is 5.38. The summed E-state index contributed by atoms with van der Waals surface area (Å²) in [7, 11) is 1.87. The average molecular weight is 305 g/mol. The molecule has 0 saturated carbocycles. The molecular weight excluding hydrogens is 286 g/mol. The van der Waals surface area contributed by atoms with Crippen molar-refractivity contribution in [1.82, 2.24) is 15.1 Å². The molecule has 0 spiro atoms. The van der Waals surface area contributed by atoms with E-state index < -0.39 is 5.76 Å². The van der Waals surface area contributed by atoms with Crippen LogP contribution in [-0.2, 0) is 13.1 Å². The molecule has 118 valence electrons. The molecule has 1 heterocycles. The van der Waals surface area contributed by atoms with Crippen LogP contribution < -0.4 is 10.5 Å². The topological polar surface area (TPSA) is 88.4 Å². The second-order valence-electron chi connectivity index (χ2n) is 4.99. The minimum atomic E-state index is -0.572. The Morgan fingerprint density at radius 1 is 1.41 bits per heavy atom. The third kappa shape index (κ3) is 4.05. The van der Waals surface area contributed by atoms with Gasteiger partial charge in [-0.25, -0.2) is 9.89 Å². The summed E-state index contributed by atoms with van der Waals surface area (Å²) in [6.07, 6.45) is 0. The molecule has 0 unspecified atom stereocenters. The first-order chi connectivity index (χ1) is 10.5. The van der Waals surface area contributed by atoms with Gasteiger partial charge in [-0.05, 0) is 39.1 Å². The summed E-state index contributed by atoms with van der Waals surface area (Å²) in [5, 5.41) is 6.00. The SMILES string of the molecule is CCOc1ccc(C(C)=O)cc1CN(C)Cc1n[nH]c(=O)o1. The number of benzene rings is 1. The Hall–Kier alpha value is -2.41. The molecule has 1 aromatic heterocycles. The number of aromatic nitrogens is 2. The van der Waals surface area contributed by atoms with E-state index in [1.165, 1.54) is 6.92 Å². The second kappa shape index (κ2) is 7.04. The van der Waals surface area contributed by atoms with Gasteiger partial charge in [0.25, 0.3) is 0 Å². The minimum Gasteiger partial charge on any atom is -0.494 e. The molecule has 0 amide bonds. The maximum atomic E-state index is 11.5. The molecule has 0 aliphatic rings. The molecule has 1 aromatic carbocycles. The van der Waals surface area contributed by atoms with Gasteiger partial charge in [-0.15, -0.1) is 5.10 Å². The number of carbonyl (C=O) groups excluding carboxylic acids is 1. The van der Waals surface area contributed by atoms with Crippen molar-refractivity contribution in [2.75, 3.05) is 13.7 Å². The summed E-state index contributed by atoms with van der Waals surface area (Å²) in [5.74, 6) is 0.484. The molecule has 0 saturated heterocycles. The maximum absolute atomic E-state index is 11.5. The van der Waals surface area contributed by atoms with E-state index in [1.54, 1.807) is 12.1 Å². The fraction of sp³-hybridized carbons (Fsp3) is 0.400. The maximum Gasteiger partial charge on any atom is 0.434 e. The Balaban J connectivity index is 2.16. The lowest BCUT2D eigenvalue weighted by molar-refractivity contribution is 0.101. The summed E-state index contributed by atoms with van der Waals surface area (Å²) in [5.41, 5.74) is 1.54. The molecule has 0 bridgehead atoms. The van der Waals surface area contributed by atoms with E-state index in [0.29, 0.717) is 31.2 Å². The van der Waals surface area contributed by atoms with Gasteiger partial charge >= 0.3 is 5.76 Å². The van der Waals surface area contributed by atoms with Gasteiger partial charge in [0.05, 0.1) is 13.2 Å². The summed E-state index contributed by atoms with van der Waals surface area (Å²) in [6.45, 7) is 4.89. The molecule has 1 N–H and O–H groups in total. The van der Waals surface area contributed by atoms with Gasteiger partial charge in [0, 0.05) is 17.7 Å². The van der Waals surface area contributed by atoms with Crippen molar-refractivity contribution in [2.45, 2.75) is 26.9 Å². The monoisotopic (exact) mass is 305 g/mol. The van der Waals surface area contributed by atoms with Crippen molar-refractivity contribution in [3.63, 3.8) is 0 Å². The Labute approximate surface area is 127 Å². The number of Topliss-reactive ketones (excluding diaryl/α,β-unsaturated/α-hetero) is 1. The van der Waals surface area contributed by atoms with Crippen LogP contribution in [0.4, 0.5) is 0 Å². The minimum absolute atomic E-state index is 0.00486. The van der Waals surface area contributed by atoms with Crippen molar-refractivity contribution < 1.29 is 13.9 Å². The zero-order valence-corrected chi connectivity index (χ0v) is 12.9. The zero-order valence-electron chi connectivity index (χ0n) is 12.9. The van der Waals surface area contributed by atoms with Gasteiger partial charge in [0.1, 0.15) is 5.75 Å². The molecule has 0 aliphatic carbocycles. The van der Waals surface area contributed by atoms with E-state index in [9.17, 15) is 9.59 Å². The molecule has 0 radical (unpaired) electrons. The van der Waals surface area contributed by atoms with Gasteiger partial charge in [-0.1, -0.05) is 0 Å². The lowest BCUT2D eigenvalue weighted by atomic mass is 10.1. The number of nitrogens with zero attached hydrogens (tertiary/aromatic N) is 2. The third-order valence-electron chi connectivity index (χ3n) is 3.09. The predicted molar refractivity (Wildman–Crippen MR) is 79.9 cm³/mol. The van der Waals surface area contributed by atoms with Crippen molar-refractivity contribution in [2.24, 2.45) is 0 Å². The van der Waals surface area contributed by atoms with E-state index >= 15 is 0 Å². The highest BCUT2D eigenvalue weighted by Gasteiger charge is 2.12. The summed E-state index contributed by atoms with van der Waals surface area (Å²) < 4.78 is 10.5. The lowest BCUT2D eigenvalue weighted by Crippen LogP contribution is -2.18. The highest BCUT2D eigenvalue weighted by atomic mass is 16.5. The van der Waals surface area contributed by atoms with E-state index in [2.05, 4.69) is 10.2 Å². The Morgan fingerprint density at radius 3 is 2.77 bits per heavy atom. The summed E-state index contributed by atoms with van der Waals surface area (Å²) >= 11 is 0. The molecule has 22 heavy (non-hydrogen) atoms. The number of rotatable bonds is 7. The standard InChI is InChI=1S/C15H19N3O4/c1-4-21-13-6-5-11(10(2)19)7-12(13)8-18(3)9-14-16-17-15(20)22-14/h5-7H,4,8-9H2,1-3H3,(H,17,20). The number of hydrogen-bond acceptors (Lipinski definition) is 6. The van der Waals surface area contributed by atoms with E-state index in [1.807, 2.05) is 24.9 Å². The molecule has 2 aromatic rings. The molecule has 7 heteroatoms. The van der Waals surface area contributed by atoms with Crippen molar-refractivity contribution >= 4 is 5.78 Å². The number of nitrogens with one attached hydrogen (secondary N) is 1. The van der Waals surface area contributed by atoms with Crippen LogP contribution >= 0.6 is 0 Å². The van der Waals surface area contributed by atoms with Crippen LogP contribution in [0.3, 0.4) is 0 Å². The van der Waals surface area contributed by atoms with E-state index in [0.717, 1.165) is 11.3 Å². The van der Waals surface area contributed by atoms with Crippen LogP contribution in [0.1, 0.15) is 35.7 Å². The number of ether oxygens (including phenoxy) is 1. The van der Waals surface area contributed by atoms with Crippen LogP contribution in [0, 0.1) is 0 Å². The molecule has 2 rings (SSSR count). The van der Waals surface area contributed by atoms with Crippen LogP contribution in [0.15, 0.2) is 27.4 Å². The van der Waals surface area contributed by atoms with Gasteiger partial charge < -0.3 is 9.15 Å². The fourth-order valence-electron chi connectivity index (χ4n) is 2.12. The van der Waals surface area contributed by atoms with Gasteiger partial charge in [0.15, 0.2) is 5.78 Å². The van der Waals surface area contributed by atoms with Crippen LogP contribution in [0.2, 0.25) is 0 Å². The fourth-order valence-corrected chi connectivity index (χ4v) is 2.12. The number of ketones is 1. The summed E-state index contributed by atoms with van der Waals surface area (Å²) in [4.78, 5) is 24.4. The van der Waals surface area contributed by atoms with Crippen LogP contribution in [0.25, 0.3) is 0 Å². The quantitative estimate of drug-likeness (QED) is 0.782. The molecule has 0 aliphatic heterocycles. The lowest BCUT2D eigenvalue weighted by Gasteiger charge is -2.17. The van der Waals surface area contributed by atoms with Gasteiger partial charge in [0.2, 0.25) is 5.89 Å². The molecule has 0 fully saturated rings. The number of hydrogen-bond donors (Lipinski definition) is 1. The number of carbonyl (C=O) groups is 1. The van der Waals surface area contributed by atoms with Crippen LogP contribution in [0.5, 0.6) is 5.75 Å². The highest BCUT2D eigenvalue weighted by Crippen LogP contribution is 2.22. The zero-order chi connectivity index (χ0) is 16.1. The Bertz CT molecular complexity index is 705. The normalized spacial score (nSPS) is 10.9. The highest BCUT2D eigenvalue weighted by molar-refractivity contribution is 5.94. The first kappa shape index (κ1) is 16.0. The van der Waals surface area contributed by atoms with Crippen molar-refractivity contribution in [3.05, 3.63) is 45.8 Å². The second-order valence-corrected chi connectivity index (χ2v) is 4.99. The van der Waals surface area contributed by atoms with Crippen LogP contribution in [-0.4, -0.2) is 34.5 Å². The van der Waals surface area contributed by atoms with E-state index in [4.69, 9.17) is 9.15 Å². The van der Waals surface area contributed by atoms with Gasteiger partial charge in [-0.2, -0.15) is 0 Å². The smallest absolute Gasteiger partial charge is 0.434 e. The van der Waals surface area contributed by atoms with E-state index in [-0.39, 0.29) is 5.78 Å². The number of aromatic amines is 1. The van der Waals surface area contributed by atoms with Crippen molar-refractivity contribution in [3.8, 4) is 5.75 Å². The molecule has 7 nitrogen and oxygen atoms in total. The third-order valence-corrected chi connectivity index (χ3v) is 3.09. The number of H-pyrrole nitrogens is 1. The first-order valence-electron chi connectivity index (χ1n) is 6.99. The van der Waals surface area contributed by atoms with Crippen molar-refractivity contribution in [1.29, 1.82) is 0 Å². The Kier molecular flexibility index (Phi) is 5.11. The largest absolute Gasteiger partial charge is 0.494 e.